The van der Waals surface area contributed by atoms with E-state index in [-0.39, 0.29) is 0 Å². The van der Waals surface area contributed by atoms with Crippen LogP contribution in [0.3, 0.4) is 0 Å². The molecule has 14 heavy (non-hydrogen) atoms. The zero-order valence-corrected chi connectivity index (χ0v) is 12.2. The number of hydrogen-bond acceptors (Lipinski definition) is 0. The molecule has 0 aromatic rings. The van der Waals surface area contributed by atoms with E-state index in [4.69, 9.17) is 0 Å². The summed E-state index contributed by atoms with van der Waals surface area (Å²) < 4.78 is 0. The molecule has 90 valence electrons. The van der Waals surface area contributed by atoms with Gasteiger partial charge >= 0.3 is 0 Å². The van der Waals surface area contributed by atoms with Crippen LogP contribution in [0.2, 0.25) is 0 Å². The summed E-state index contributed by atoms with van der Waals surface area (Å²) in [6.45, 7) is 18.9. The van der Waals surface area contributed by atoms with E-state index < -0.39 is 0 Å². The van der Waals surface area contributed by atoms with Gasteiger partial charge in [-0.3, -0.25) is 0 Å². The van der Waals surface area contributed by atoms with Crippen molar-refractivity contribution >= 4 is 0 Å². The largest absolute Gasteiger partial charge is 0.0887 e. The summed E-state index contributed by atoms with van der Waals surface area (Å²) in [7, 11) is 0. The van der Waals surface area contributed by atoms with Gasteiger partial charge in [0.05, 0.1) is 0 Å². The minimum absolute atomic E-state index is 1.19. The fourth-order valence-electron chi connectivity index (χ4n) is 0.204. The molecule has 0 heterocycles. The highest BCUT2D eigenvalue weighted by Crippen LogP contribution is 1.94. The SMILES string of the molecule is CC.CC=C(C)CC.CCC.CCC. The molecule has 0 amide bonds. The van der Waals surface area contributed by atoms with Gasteiger partial charge in [0.15, 0.2) is 0 Å². The Kier molecular flexibility index (Phi) is 64.9. The lowest BCUT2D eigenvalue weighted by Gasteiger charge is -1.85. The van der Waals surface area contributed by atoms with Crippen LogP contribution in [0.15, 0.2) is 11.6 Å². The molecule has 0 saturated carbocycles. The normalized spacial score (nSPS) is 8.21. The first-order chi connectivity index (χ1) is 6.64. The summed E-state index contributed by atoms with van der Waals surface area (Å²) in [5.74, 6) is 0. The first-order valence-corrected chi connectivity index (χ1v) is 6.26. The fourth-order valence-corrected chi connectivity index (χ4v) is 0.204. The molecular formula is C14H34. The molecule has 0 radical (unpaired) electrons. The maximum atomic E-state index is 2.16. The molecule has 0 nitrogen and oxygen atoms in total. The first-order valence-electron chi connectivity index (χ1n) is 6.26. The lowest BCUT2D eigenvalue weighted by atomic mass is 10.2. The predicted octanol–water partition coefficient (Wildman–Crippen LogP) is 6.22. The monoisotopic (exact) mass is 202 g/mol. The Bertz CT molecular complexity index is 68.1. The minimum atomic E-state index is 1.19. The average Bonchev–Trinajstić information content (AvgIpc) is 2.22. The molecule has 0 heteroatoms. The Morgan fingerprint density at radius 1 is 0.857 bits per heavy atom. The average molecular weight is 202 g/mol. The molecule has 0 aliphatic heterocycles. The van der Waals surface area contributed by atoms with Crippen LogP contribution in [-0.4, -0.2) is 0 Å². The van der Waals surface area contributed by atoms with Gasteiger partial charge in [-0.2, -0.15) is 0 Å². The lowest BCUT2D eigenvalue weighted by molar-refractivity contribution is 1.09. The van der Waals surface area contributed by atoms with Crippen molar-refractivity contribution in [1.29, 1.82) is 0 Å². The smallest absolute Gasteiger partial charge is 0.0352 e. The number of rotatable bonds is 1. The van der Waals surface area contributed by atoms with Crippen LogP contribution in [0.5, 0.6) is 0 Å². The van der Waals surface area contributed by atoms with Gasteiger partial charge in [-0.1, -0.05) is 73.0 Å². The van der Waals surface area contributed by atoms with E-state index in [0.29, 0.717) is 0 Å². The molecule has 0 saturated heterocycles. The van der Waals surface area contributed by atoms with Crippen molar-refractivity contribution in [3.05, 3.63) is 11.6 Å². The van der Waals surface area contributed by atoms with E-state index in [0.717, 1.165) is 0 Å². The van der Waals surface area contributed by atoms with Gasteiger partial charge < -0.3 is 0 Å². The summed E-state index contributed by atoms with van der Waals surface area (Å²) in [5.41, 5.74) is 1.47. The van der Waals surface area contributed by atoms with Crippen molar-refractivity contribution in [3.63, 3.8) is 0 Å². The minimum Gasteiger partial charge on any atom is -0.0887 e. The third kappa shape index (κ3) is 96.8. The summed E-state index contributed by atoms with van der Waals surface area (Å²) in [6.07, 6.45) is 5.83. The zero-order chi connectivity index (χ0) is 12.4. The molecule has 0 unspecified atom stereocenters. The van der Waals surface area contributed by atoms with Crippen molar-refractivity contribution in [2.75, 3.05) is 0 Å². The molecule has 0 fully saturated rings. The van der Waals surface area contributed by atoms with E-state index in [2.05, 4.69) is 54.5 Å². The standard InChI is InChI=1S/C6H12.2C3H8.C2H6/c1-4-6(3)5-2;2*1-3-2;1-2/h4H,5H2,1-3H3;2*3H2,1-2H3;1-2H3. The van der Waals surface area contributed by atoms with Gasteiger partial charge in [-0.15, -0.1) is 0 Å². The van der Waals surface area contributed by atoms with Crippen molar-refractivity contribution in [3.8, 4) is 0 Å². The van der Waals surface area contributed by atoms with Gasteiger partial charge in [0.1, 0.15) is 0 Å². The molecule has 0 N–H and O–H groups in total. The van der Waals surface area contributed by atoms with Crippen molar-refractivity contribution < 1.29 is 0 Å². The highest BCUT2D eigenvalue weighted by Gasteiger charge is 1.73. The fraction of sp³-hybridized carbons (Fsp3) is 0.857. The highest BCUT2D eigenvalue weighted by atomic mass is 13.8. The van der Waals surface area contributed by atoms with Crippen LogP contribution in [0, 0.1) is 0 Å². The second kappa shape index (κ2) is 38.7. The topological polar surface area (TPSA) is 0 Å². The third-order valence-corrected chi connectivity index (χ3v) is 1.05. The van der Waals surface area contributed by atoms with Gasteiger partial charge in [0, 0.05) is 0 Å². The Labute approximate surface area is 93.8 Å². The Morgan fingerprint density at radius 2 is 1.07 bits per heavy atom. The highest BCUT2D eigenvalue weighted by molar-refractivity contribution is 4.93. The van der Waals surface area contributed by atoms with Crippen LogP contribution >= 0.6 is 0 Å². The number of allylic oxidation sites excluding steroid dienone is 2. The summed E-state index contributed by atoms with van der Waals surface area (Å²) in [4.78, 5) is 0. The van der Waals surface area contributed by atoms with E-state index in [1.807, 2.05) is 13.8 Å². The Hall–Kier alpha value is -0.260. The number of hydrogen-bond donors (Lipinski definition) is 0. The zero-order valence-electron chi connectivity index (χ0n) is 12.2. The molecule has 0 aliphatic rings. The van der Waals surface area contributed by atoms with Gasteiger partial charge in [0.2, 0.25) is 0 Å². The molecule has 0 spiro atoms. The van der Waals surface area contributed by atoms with E-state index in [1.54, 1.807) is 0 Å². The Balaban J connectivity index is -0.0000000536. The molecule has 0 rings (SSSR count). The van der Waals surface area contributed by atoms with E-state index in [1.165, 1.54) is 24.8 Å². The van der Waals surface area contributed by atoms with Crippen molar-refractivity contribution in [2.24, 2.45) is 0 Å². The lowest BCUT2D eigenvalue weighted by Crippen LogP contribution is -1.63. The Morgan fingerprint density at radius 3 is 1.07 bits per heavy atom. The van der Waals surface area contributed by atoms with Crippen molar-refractivity contribution in [2.45, 2.75) is 81.6 Å². The summed E-state index contributed by atoms with van der Waals surface area (Å²) in [6, 6.07) is 0. The van der Waals surface area contributed by atoms with Crippen LogP contribution < -0.4 is 0 Å². The molecule has 0 aromatic heterocycles. The van der Waals surface area contributed by atoms with Crippen LogP contribution in [-0.2, 0) is 0 Å². The molecule has 0 aliphatic carbocycles. The van der Waals surface area contributed by atoms with Gasteiger partial charge in [0.25, 0.3) is 0 Å². The summed E-state index contributed by atoms with van der Waals surface area (Å²) >= 11 is 0. The van der Waals surface area contributed by atoms with Crippen LogP contribution in [0.25, 0.3) is 0 Å². The van der Waals surface area contributed by atoms with Crippen LogP contribution in [0.1, 0.15) is 81.6 Å². The second-order valence-corrected chi connectivity index (χ2v) is 2.90. The van der Waals surface area contributed by atoms with Crippen LogP contribution in [0.4, 0.5) is 0 Å². The molecule has 0 atom stereocenters. The predicted molar refractivity (Wildman–Crippen MR) is 73.0 cm³/mol. The maximum Gasteiger partial charge on any atom is -0.0352 e. The second-order valence-electron chi connectivity index (χ2n) is 2.90. The molecule has 0 aromatic carbocycles. The van der Waals surface area contributed by atoms with Gasteiger partial charge in [-0.05, 0) is 20.3 Å². The van der Waals surface area contributed by atoms with Crippen molar-refractivity contribution in [1.82, 2.24) is 0 Å². The quantitative estimate of drug-likeness (QED) is 0.443. The molecule has 0 bridgehead atoms. The summed E-state index contributed by atoms with van der Waals surface area (Å²) in [5, 5.41) is 0. The molecular weight excluding hydrogens is 168 g/mol. The maximum absolute atomic E-state index is 2.16. The first kappa shape index (κ1) is 23.5. The van der Waals surface area contributed by atoms with E-state index in [9.17, 15) is 0 Å². The van der Waals surface area contributed by atoms with Gasteiger partial charge in [-0.25, -0.2) is 0 Å². The van der Waals surface area contributed by atoms with E-state index >= 15 is 0 Å². The third-order valence-electron chi connectivity index (χ3n) is 1.05.